The number of ketones is 1. The number of ether oxygens (including phenoxy) is 1. The zero-order valence-electron chi connectivity index (χ0n) is 12.3. The van der Waals surface area contributed by atoms with Gasteiger partial charge >= 0.3 is 0 Å². The number of benzene rings is 2. The average molecular weight is 312 g/mol. The minimum Gasteiger partial charge on any atom is -0.372 e. The molecule has 0 aliphatic carbocycles. The molecule has 1 fully saturated rings. The lowest BCUT2D eigenvalue weighted by atomic mass is 9.98. The molecule has 23 heavy (non-hydrogen) atoms. The monoisotopic (exact) mass is 312 g/mol. The summed E-state index contributed by atoms with van der Waals surface area (Å²) in [5.74, 6) is -0.754. The molecule has 1 aliphatic heterocycles. The Bertz CT molecular complexity index is 707. The van der Waals surface area contributed by atoms with Crippen LogP contribution in [0.4, 0.5) is 8.78 Å². The molecule has 3 rings (SSSR count). The fraction of sp³-hybridized carbons (Fsp3) is 0.105. The summed E-state index contributed by atoms with van der Waals surface area (Å²) < 4.78 is 31.3. The highest BCUT2D eigenvalue weighted by molar-refractivity contribution is 6.14. The zero-order chi connectivity index (χ0) is 16.2. The van der Waals surface area contributed by atoms with Crippen molar-refractivity contribution in [2.45, 2.75) is 0 Å². The van der Waals surface area contributed by atoms with Crippen molar-refractivity contribution in [1.29, 1.82) is 0 Å². The number of hydrogen-bond acceptors (Lipinski definition) is 2. The molecule has 0 N–H and O–H groups in total. The molecule has 0 atom stereocenters. The van der Waals surface area contributed by atoms with E-state index in [1.165, 1.54) is 24.3 Å². The highest BCUT2D eigenvalue weighted by Gasteiger charge is 2.21. The lowest BCUT2D eigenvalue weighted by molar-refractivity contribution is -0.114. The predicted molar refractivity (Wildman–Crippen MR) is 84.6 cm³/mol. The van der Waals surface area contributed by atoms with Crippen LogP contribution < -0.4 is 0 Å². The van der Waals surface area contributed by atoms with Crippen molar-refractivity contribution < 1.29 is 18.3 Å². The van der Waals surface area contributed by atoms with Gasteiger partial charge in [0.05, 0.1) is 13.2 Å². The summed E-state index contributed by atoms with van der Waals surface area (Å²) in [6, 6.07) is 11.8. The molecular formula is C19H14F2O2. The quantitative estimate of drug-likeness (QED) is 0.783. The molecule has 0 bridgehead atoms. The first-order chi connectivity index (χ1) is 11.1. The van der Waals surface area contributed by atoms with Gasteiger partial charge in [0.2, 0.25) is 0 Å². The first-order valence-electron chi connectivity index (χ1n) is 7.16. The van der Waals surface area contributed by atoms with E-state index in [0.29, 0.717) is 11.1 Å². The van der Waals surface area contributed by atoms with Crippen molar-refractivity contribution in [1.82, 2.24) is 0 Å². The Kier molecular flexibility index (Phi) is 4.44. The minimum absolute atomic E-state index is 0.107. The van der Waals surface area contributed by atoms with E-state index in [1.54, 1.807) is 36.4 Å². The van der Waals surface area contributed by atoms with Crippen LogP contribution in [0, 0.1) is 11.6 Å². The van der Waals surface area contributed by atoms with Crippen LogP contribution in [0.1, 0.15) is 11.1 Å². The van der Waals surface area contributed by atoms with Crippen LogP contribution in [0.5, 0.6) is 0 Å². The lowest BCUT2D eigenvalue weighted by Crippen LogP contribution is -2.21. The van der Waals surface area contributed by atoms with Crippen molar-refractivity contribution in [3.05, 3.63) is 82.4 Å². The standard InChI is InChI=1S/C19H14F2O2/c20-17-5-1-13(2-6-17)9-15-11-23-12-16(19(15)22)10-14-3-7-18(21)8-4-14/h1-10H,11-12H2/b15-9+,16-10?. The van der Waals surface area contributed by atoms with Crippen molar-refractivity contribution in [3.8, 4) is 0 Å². The Morgan fingerprint density at radius 2 is 1.13 bits per heavy atom. The summed E-state index contributed by atoms with van der Waals surface area (Å²) in [6.45, 7) is 0.438. The normalized spacial score (nSPS) is 18.6. The van der Waals surface area contributed by atoms with Crippen molar-refractivity contribution in [2.75, 3.05) is 13.2 Å². The van der Waals surface area contributed by atoms with Gasteiger partial charge in [-0.2, -0.15) is 0 Å². The van der Waals surface area contributed by atoms with Crippen LogP contribution >= 0.6 is 0 Å². The molecule has 2 aromatic rings. The molecule has 1 aliphatic rings. The number of Topliss-reactive ketones (excluding diaryl/α,β-unsaturated/α-hetero) is 1. The summed E-state index contributed by atoms with van der Waals surface area (Å²) in [5.41, 5.74) is 2.50. The van der Waals surface area contributed by atoms with E-state index < -0.39 is 0 Å². The third kappa shape index (κ3) is 3.79. The second kappa shape index (κ2) is 6.67. The van der Waals surface area contributed by atoms with E-state index in [2.05, 4.69) is 0 Å². The smallest absolute Gasteiger partial charge is 0.189 e. The predicted octanol–water partition coefficient (Wildman–Crippen LogP) is 4.03. The number of hydrogen-bond donors (Lipinski definition) is 0. The average Bonchev–Trinajstić information content (AvgIpc) is 2.55. The summed E-state index contributed by atoms with van der Waals surface area (Å²) in [5, 5.41) is 0. The molecule has 0 saturated carbocycles. The first kappa shape index (κ1) is 15.3. The second-order valence-electron chi connectivity index (χ2n) is 5.26. The van der Waals surface area contributed by atoms with E-state index in [4.69, 9.17) is 4.74 Å². The van der Waals surface area contributed by atoms with Gasteiger partial charge in [-0.3, -0.25) is 4.79 Å². The van der Waals surface area contributed by atoms with Gasteiger partial charge in [-0.15, -0.1) is 0 Å². The van der Waals surface area contributed by atoms with Gasteiger partial charge in [0.25, 0.3) is 0 Å². The van der Waals surface area contributed by atoms with E-state index in [1.807, 2.05) is 0 Å². The Hall–Kier alpha value is -2.59. The molecule has 0 radical (unpaired) electrons. The molecule has 4 heteroatoms. The van der Waals surface area contributed by atoms with E-state index in [-0.39, 0.29) is 30.6 Å². The molecule has 1 saturated heterocycles. The Morgan fingerprint density at radius 1 is 0.739 bits per heavy atom. The number of carbonyl (C=O) groups is 1. The number of carbonyl (C=O) groups excluding carboxylic acids is 1. The van der Waals surface area contributed by atoms with Crippen LogP contribution in [-0.2, 0) is 9.53 Å². The van der Waals surface area contributed by atoms with E-state index in [9.17, 15) is 13.6 Å². The Balaban J connectivity index is 1.86. The Labute approximate surface area is 132 Å². The van der Waals surface area contributed by atoms with Crippen molar-refractivity contribution >= 4 is 17.9 Å². The molecule has 0 spiro atoms. The van der Waals surface area contributed by atoms with Gasteiger partial charge in [-0.1, -0.05) is 24.3 Å². The number of rotatable bonds is 2. The Morgan fingerprint density at radius 3 is 1.52 bits per heavy atom. The topological polar surface area (TPSA) is 26.3 Å². The van der Waals surface area contributed by atoms with Gasteiger partial charge in [0.15, 0.2) is 5.78 Å². The van der Waals surface area contributed by atoms with Gasteiger partial charge in [-0.25, -0.2) is 8.78 Å². The van der Waals surface area contributed by atoms with Crippen molar-refractivity contribution in [2.24, 2.45) is 0 Å². The molecular weight excluding hydrogens is 298 g/mol. The van der Waals surface area contributed by atoms with Crippen LogP contribution in [-0.4, -0.2) is 19.0 Å². The third-order valence-corrected chi connectivity index (χ3v) is 3.52. The molecule has 1 heterocycles. The van der Waals surface area contributed by atoms with Gasteiger partial charge in [-0.05, 0) is 47.5 Å². The first-order valence-corrected chi connectivity index (χ1v) is 7.16. The maximum atomic E-state index is 12.9. The summed E-state index contributed by atoms with van der Waals surface area (Å²) in [4.78, 5) is 12.5. The highest BCUT2D eigenvalue weighted by Crippen LogP contribution is 2.20. The molecule has 2 nitrogen and oxygen atoms in total. The third-order valence-electron chi connectivity index (χ3n) is 3.52. The largest absolute Gasteiger partial charge is 0.372 e. The summed E-state index contributed by atoms with van der Waals surface area (Å²) in [6.07, 6.45) is 3.39. The molecule has 0 aromatic heterocycles. The van der Waals surface area contributed by atoms with Crippen LogP contribution in [0.2, 0.25) is 0 Å². The summed E-state index contributed by atoms with van der Waals surface area (Å²) >= 11 is 0. The van der Waals surface area contributed by atoms with Crippen LogP contribution in [0.3, 0.4) is 0 Å². The maximum Gasteiger partial charge on any atom is 0.189 e. The SMILES string of the molecule is O=C1C(=Cc2ccc(F)cc2)COC/C1=C\c1ccc(F)cc1. The maximum absolute atomic E-state index is 12.9. The number of halogens is 2. The highest BCUT2D eigenvalue weighted by atomic mass is 19.1. The van der Waals surface area contributed by atoms with Crippen LogP contribution in [0.25, 0.3) is 12.2 Å². The molecule has 116 valence electrons. The minimum atomic E-state index is -0.324. The second-order valence-corrected chi connectivity index (χ2v) is 5.26. The molecule has 0 unspecified atom stereocenters. The van der Waals surface area contributed by atoms with Gasteiger partial charge in [0, 0.05) is 11.1 Å². The molecule has 0 amide bonds. The molecule has 2 aromatic carbocycles. The van der Waals surface area contributed by atoms with E-state index in [0.717, 1.165) is 11.1 Å². The summed E-state index contributed by atoms with van der Waals surface area (Å²) in [7, 11) is 0. The van der Waals surface area contributed by atoms with E-state index >= 15 is 0 Å². The van der Waals surface area contributed by atoms with Crippen LogP contribution in [0.15, 0.2) is 59.7 Å². The zero-order valence-corrected chi connectivity index (χ0v) is 12.3. The fourth-order valence-corrected chi connectivity index (χ4v) is 2.34. The van der Waals surface area contributed by atoms with Gasteiger partial charge in [0.1, 0.15) is 11.6 Å². The van der Waals surface area contributed by atoms with Gasteiger partial charge < -0.3 is 4.74 Å². The lowest BCUT2D eigenvalue weighted by Gasteiger charge is -2.17. The fourth-order valence-electron chi connectivity index (χ4n) is 2.34. The van der Waals surface area contributed by atoms with Crippen molar-refractivity contribution in [3.63, 3.8) is 0 Å².